The molecule has 1 N–H and O–H groups in total. The maximum atomic E-state index is 14.7. The Labute approximate surface area is 256 Å². The summed E-state index contributed by atoms with van der Waals surface area (Å²) in [6.45, 7) is 19.0. The average molecular weight is 596 g/mol. The van der Waals surface area contributed by atoms with Gasteiger partial charge in [-0.15, -0.1) is 24.9 Å². The second kappa shape index (κ2) is 13.0. The molecule has 230 valence electrons. The first kappa shape index (κ1) is 32.3. The topological polar surface area (TPSA) is 81.2 Å². The lowest BCUT2D eigenvalue weighted by atomic mass is 9.66. The first-order valence-electron chi connectivity index (χ1n) is 15.5. The minimum atomic E-state index is -0.750. The quantitative estimate of drug-likeness (QED) is 0.310. The van der Waals surface area contributed by atoms with Crippen molar-refractivity contribution in [1.82, 2.24) is 14.7 Å². The highest BCUT2D eigenvalue weighted by Gasteiger charge is 2.78. The second-order valence-corrected chi connectivity index (χ2v) is 14.8. The molecule has 3 heterocycles. The zero-order chi connectivity index (χ0) is 30.8. The largest absolute Gasteiger partial charge is 0.394 e. The Hall–Kier alpha value is -2.58. The summed E-state index contributed by atoms with van der Waals surface area (Å²) >= 11 is 1.68. The Morgan fingerprint density at radius 1 is 1.12 bits per heavy atom. The molecule has 3 aliphatic rings. The zero-order valence-electron chi connectivity index (χ0n) is 26.0. The van der Waals surface area contributed by atoms with Crippen LogP contribution in [0.2, 0.25) is 0 Å². The van der Waals surface area contributed by atoms with Crippen LogP contribution in [0, 0.1) is 17.8 Å². The third kappa shape index (κ3) is 5.45. The fraction of sp³-hybridized carbons (Fsp3) is 0.618. The van der Waals surface area contributed by atoms with Crippen molar-refractivity contribution < 1.29 is 19.5 Å². The van der Waals surface area contributed by atoms with Gasteiger partial charge in [-0.1, -0.05) is 69.7 Å². The molecule has 3 aliphatic heterocycles. The number of amides is 3. The SMILES string of the molecule is C=CCN(Cc1ccccc1)C(=O)[C@H]1[C@H]2C(=O)N([C@@H](CO)C(C)C)C(C(=O)N(CC=C)C(C)CCC)C23CC[C@]1(C)S3. The van der Waals surface area contributed by atoms with Crippen molar-refractivity contribution in [2.45, 2.75) is 94.5 Å². The van der Waals surface area contributed by atoms with E-state index >= 15 is 0 Å². The van der Waals surface area contributed by atoms with Crippen LogP contribution in [0.25, 0.3) is 0 Å². The fourth-order valence-electron chi connectivity index (χ4n) is 7.74. The number of hydrogen-bond donors (Lipinski definition) is 1. The Bertz CT molecular complexity index is 1170. The van der Waals surface area contributed by atoms with Crippen LogP contribution in [-0.2, 0) is 20.9 Å². The van der Waals surface area contributed by atoms with Crippen LogP contribution < -0.4 is 0 Å². The molecule has 0 aromatic heterocycles. The third-order valence-corrected chi connectivity index (χ3v) is 11.7. The molecule has 42 heavy (non-hydrogen) atoms. The molecular weight excluding hydrogens is 546 g/mol. The highest BCUT2D eigenvalue weighted by atomic mass is 32.2. The first-order valence-corrected chi connectivity index (χ1v) is 16.3. The van der Waals surface area contributed by atoms with E-state index in [1.807, 2.05) is 49.1 Å². The third-order valence-electron chi connectivity index (χ3n) is 9.75. The van der Waals surface area contributed by atoms with E-state index < -0.39 is 33.4 Å². The van der Waals surface area contributed by atoms with E-state index in [4.69, 9.17) is 0 Å². The monoisotopic (exact) mass is 595 g/mol. The lowest BCUT2D eigenvalue weighted by molar-refractivity contribution is -0.149. The van der Waals surface area contributed by atoms with E-state index in [0.29, 0.717) is 26.1 Å². The van der Waals surface area contributed by atoms with Crippen LogP contribution in [0.5, 0.6) is 0 Å². The van der Waals surface area contributed by atoms with Gasteiger partial charge in [0.1, 0.15) is 6.04 Å². The second-order valence-electron chi connectivity index (χ2n) is 12.9. The number of aliphatic hydroxyl groups excluding tert-OH is 1. The number of aliphatic hydroxyl groups is 1. The molecule has 0 radical (unpaired) electrons. The number of thioether (sulfide) groups is 1. The summed E-state index contributed by atoms with van der Waals surface area (Å²) in [5.41, 5.74) is 1.01. The Kier molecular flexibility index (Phi) is 9.98. The number of carbonyl (C=O) groups excluding carboxylic acids is 3. The number of nitrogens with zero attached hydrogens (tertiary/aromatic N) is 3. The molecule has 8 heteroatoms. The van der Waals surface area contributed by atoms with E-state index in [1.54, 1.807) is 33.7 Å². The summed E-state index contributed by atoms with van der Waals surface area (Å²) in [5, 5.41) is 10.6. The van der Waals surface area contributed by atoms with Crippen LogP contribution in [0.4, 0.5) is 0 Å². The van der Waals surface area contributed by atoms with Gasteiger partial charge in [-0.05, 0) is 44.6 Å². The molecule has 3 saturated heterocycles. The Morgan fingerprint density at radius 2 is 1.79 bits per heavy atom. The minimum absolute atomic E-state index is 0.0231. The summed E-state index contributed by atoms with van der Waals surface area (Å²) in [6, 6.07) is 8.58. The highest BCUT2D eigenvalue weighted by Crippen LogP contribution is 2.72. The summed E-state index contributed by atoms with van der Waals surface area (Å²) in [4.78, 5) is 49.3. The van der Waals surface area contributed by atoms with Crippen LogP contribution in [-0.4, -0.2) is 84.8 Å². The van der Waals surface area contributed by atoms with Crippen LogP contribution >= 0.6 is 11.8 Å². The van der Waals surface area contributed by atoms with Gasteiger partial charge in [0, 0.05) is 30.4 Å². The van der Waals surface area contributed by atoms with Gasteiger partial charge < -0.3 is 19.8 Å². The first-order chi connectivity index (χ1) is 20.0. The molecule has 0 saturated carbocycles. The molecule has 0 aliphatic carbocycles. The highest BCUT2D eigenvalue weighted by molar-refractivity contribution is 8.02. The maximum absolute atomic E-state index is 14.7. The summed E-state index contributed by atoms with van der Waals surface area (Å²) in [5.74, 6) is -1.59. The van der Waals surface area contributed by atoms with Crippen LogP contribution in [0.1, 0.15) is 65.9 Å². The van der Waals surface area contributed by atoms with Gasteiger partial charge in [-0.3, -0.25) is 14.4 Å². The summed E-state index contributed by atoms with van der Waals surface area (Å²) in [6.07, 6.45) is 6.68. The molecular formula is C34H49N3O4S. The number of hydrogen-bond acceptors (Lipinski definition) is 5. The van der Waals surface area contributed by atoms with Gasteiger partial charge in [-0.25, -0.2) is 0 Å². The molecule has 7 nitrogen and oxygen atoms in total. The fourth-order valence-corrected chi connectivity index (χ4v) is 10.1. The predicted octanol–water partition coefficient (Wildman–Crippen LogP) is 4.90. The molecule has 3 unspecified atom stereocenters. The van der Waals surface area contributed by atoms with E-state index in [-0.39, 0.29) is 36.3 Å². The Morgan fingerprint density at radius 3 is 2.36 bits per heavy atom. The number of carbonyl (C=O) groups is 3. The zero-order valence-corrected chi connectivity index (χ0v) is 26.8. The van der Waals surface area contributed by atoms with Crippen molar-refractivity contribution in [3.63, 3.8) is 0 Å². The van der Waals surface area contributed by atoms with E-state index in [9.17, 15) is 19.5 Å². The molecule has 1 aromatic carbocycles. The van der Waals surface area contributed by atoms with Gasteiger partial charge in [-0.2, -0.15) is 0 Å². The minimum Gasteiger partial charge on any atom is -0.394 e. The van der Waals surface area contributed by atoms with E-state index in [2.05, 4.69) is 33.9 Å². The van der Waals surface area contributed by atoms with Gasteiger partial charge >= 0.3 is 0 Å². The van der Waals surface area contributed by atoms with Crippen molar-refractivity contribution in [3.8, 4) is 0 Å². The standard InChI is InChI=1S/C34H49N3O4S/c1-8-14-24(6)36(20-10-3)32(41)29-34-18-17-33(7,42-34)27(28(34)31(40)37(29)26(22-38)23(4)5)30(39)35(19-9-2)21-25-15-12-11-13-16-25/h9-13,15-16,23-24,26-29,38H,2-3,8,14,17-22H2,1,4-7H3/t24?,26-,27+,28-,29?,33-,34?/m0/s1. The van der Waals surface area contributed by atoms with Gasteiger partial charge in [0.15, 0.2) is 0 Å². The predicted molar refractivity (Wildman–Crippen MR) is 170 cm³/mol. The molecule has 3 amide bonds. The number of benzene rings is 1. The van der Waals surface area contributed by atoms with Crippen LogP contribution in [0.15, 0.2) is 55.6 Å². The van der Waals surface area contributed by atoms with Crippen molar-refractivity contribution in [1.29, 1.82) is 0 Å². The lowest BCUT2D eigenvalue weighted by Gasteiger charge is -2.42. The van der Waals surface area contributed by atoms with Crippen molar-refractivity contribution in [2.75, 3.05) is 19.7 Å². The molecule has 1 aromatic rings. The van der Waals surface area contributed by atoms with Crippen molar-refractivity contribution in [2.24, 2.45) is 17.8 Å². The van der Waals surface area contributed by atoms with Gasteiger partial charge in [0.2, 0.25) is 17.7 Å². The molecule has 4 rings (SSSR count). The van der Waals surface area contributed by atoms with Gasteiger partial charge in [0.25, 0.3) is 0 Å². The Balaban J connectivity index is 1.81. The van der Waals surface area contributed by atoms with Crippen molar-refractivity contribution >= 4 is 29.5 Å². The van der Waals surface area contributed by atoms with Crippen molar-refractivity contribution in [3.05, 3.63) is 61.2 Å². The van der Waals surface area contributed by atoms with Gasteiger partial charge in [0.05, 0.1) is 29.2 Å². The number of fused-ring (bicyclic) bond motifs is 1. The summed E-state index contributed by atoms with van der Waals surface area (Å²) in [7, 11) is 0. The molecule has 3 fully saturated rings. The molecule has 1 spiro atoms. The molecule has 2 bridgehead atoms. The molecule has 7 atom stereocenters. The number of rotatable bonds is 14. The van der Waals surface area contributed by atoms with E-state index in [0.717, 1.165) is 24.8 Å². The number of likely N-dealkylation sites (tertiary alicyclic amines) is 1. The average Bonchev–Trinajstić information content (AvgIpc) is 3.52. The lowest BCUT2D eigenvalue weighted by Crippen LogP contribution is -2.59. The maximum Gasteiger partial charge on any atom is 0.247 e. The van der Waals surface area contributed by atoms with Crippen LogP contribution in [0.3, 0.4) is 0 Å². The summed E-state index contributed by atoms with van der Waals surface area (Å²) < 4.78 is -1.20. The normalized spacial score (nSPS) is 29.4. The van der Waals surface area contributed by atoms with E-state index in [1.165, 1.54) is 0 Å². The smallest absolute Gasteiger partial charge is 0.247 e.